The number of anilines is 3. The molecular formula is C18H16N4O4S. The number of nitrogens with one attached hydrogen (secondary N) is 2. The van der Waals surface area contributed by atoms with Crippen molar-refractivity contribution in [3.63, 3.8) is 0 Å². The van der Waals surface area contributed by atoms with E-state index in [2.05, 4.69) is 15.6 Å². The van der Waals surface area contributed by atoms with Gasteiger partial charge in [-0.1, -0.05) is 0 Å². The summed E-state index contributed by atoms with van der Waals surface area (Å²) in [7, 11) is 0. The Morgan fingerprint density at radius 3 is 2.48 bits per heavy atom. The third-order valence-corrected chi connectivity index (χ3v) is 4.28. The average molecular weight is 384 g/mol. The Labute approximate surface area is 158 Å². The molecule has 0 saturated heterocycles. The highest BCUT2D eigenvalue weighted by Gasteiger charge is 2.11. The molecule has 1 aromatic heterocycles. The third-order valence-electron chi connectivity index (χ3n) is 3.45. The first-order valence-corrected chi connectivity index (χ1v) is 8.63. The smallest absolute Gasteiger partial charge is 0.409 e. The van der Waals surface area contributed by atoms with Crippen LogP contribution in [-0.2, 0) is 0 Å². The molecule has 0 fully saturated rings. The van der Waals surface area contributed by atoms with Gasteiger partial charge in [0.2, 0.25) is 0 Å². The van der Waals surface area contributed by atoms with E-state index in [0.29, 0.717) is 33.6 Å². The van der Waals surface area contributed by atoms with Crippen molar-refractivity contribution < 1.29 is 19.4 Å². The average Bonchev–Trinajstić information content (AvgIpc) is 3.02. The van der Waals surface area contributed by atoms with Crippen LogP contribution in [0.5, 0.6) is 11.5 Å². The second kappa shape index (κ2) is 7.75. The van der Waals surface area contributed by atoms with Gasteiger partial charge in [-0.05, 0) is 49.4 Å². The molecule has 0 saturated carbocycles. The van der Waals surface area contributed by atoms with Crippen molar-refractivity contribution >= 4 is 39.8 Å². The van der Waals surface area contributed by atoms with Gasteiger partial charge in [-0.15, -0.1) is 11.3 Å². The molecule has 2 amide bonds. The number of nitrogens with two attached hydrogens (primary N) is 1. The maximum Gasteiger partial charge on any atom is 0.409 e. The first-order valence-electron chi connectivity index (χ1n) is 7.82. The van der Waals surface area contributed by atoms with Crippen LogP contribution < -0.4 is 21.1 Å². The first kappa shape index (κ1) is 18.2. The zero-order valence-corrected chi connectivity index (χ0v) is 15.0. The molecular weight excluding hydrogens is 368 g/mol. The fraction of sp³-hybridized carbons (Fsp3) is 0.0556. The Kier molecular flexibility index (Phi) is 5.23. The number of benzene rings is 2. The molecule has 3 rings (SSSR count). The summed E-state index contributed by atoms with van der Waals surface area (Å²) in [5.41, 5.74) is 7.10. The molecule has 0 aliphatic heterocycles. The van der Waals surface area contributed by atoms with Crippen LogP contribution in [0, 0.1) is 6.92 Å². The number of carboxylic acid groups (broad SMARTS) is 1. The molecule has 1 heterocycles. The summed E-state index contributed by atoms with van der Waals surface area (Å²) in [6, 6.07) is 11.1. The first-order chi connectivity index (χ1) is 12.9. The van der Waals surface area contributed by atoms with Gasteiger partial charge in [0.25, 0.3) is 5.91 Å². The fourth-order valence-corrected chi connectivity index (χ4v) is 2.88. The Morgan fingerprint density at radius 2 is 1.89 bits per heavy atom. The topological polar surface area (TPSA) is 127 Å². The van der Waals surface area contributed by atoms with Crippen molar-refractivity contribution in [2.45, 2.75) is 6.92 Å². The minimum absolute atomic E-state index is 0.297. The lowest BCUT2D eigenvalue weighted by Gasteiger charge is -2.10. The monoisotopic (exact) mass is 384 g/mol. The van der Waals surface area contributed by atoms with Gasteiger partial charge in [-0.25, -0.2) is 9.78 Å². The van der Waals surface area contributed by atoms with Crippen molar-refractivity contribution in [3.8, 4) is 11.5 Å². The Balaban J connectivity index is 1.69. The quantitative estimate of drug-likeness (QED) is 0.489. The molecule has 3 aromatic rings. The van der Waals surface area contributed by atoms with Gasteiger partial charge in [-0.3, -0.25) is 15.4 Å². The number of aromatic nitrogens is 1. The summed E-state index contributed by atoms with van der Waals surface area (Å²) in [5.74, 6) is 0.551. The molecule has 5 N–H and O–H groups in total. The summed E-state index contributed by atoms with van der Waals surface area (Å²) in [6.07, 6.45) is 0.540. The number of rotatable bonds is 5. The number of carbonyl (C=O) groups is 2. The van der Waals surface area contributed by atoms with E-state index in [-0.39, 0.29) is 5.91 Å². The van der Waals surface area contributed by atoms with Crippen LogP contribution in [0.25, 0.3) is 0 Å². The van der Waals surface area contributed by atoms with Crippen LogP contribution in [0.1, 0.15) is 15.2 Å². The van der Waals surface area contributed by atoms with Crippen molar-refractivity contribution in [1.82, 2.24) is 4.98 Å². The zero-order valence-electron chi connectivity index (χ0n) is 14.2. The Hall–Kier alpha value is -3.59. The second-order valence-corrected chi connectivity index (χ2v) is 6.77. The van der Waals surface area contributed by atoms with Crippen molar-refractivity contribution in [1.29, 1.82) is 0 Å². The maximum atomic E-state index is 12.3. The number of hydrogen-bond acceptors (Lipinski definition) is 6. The Bertz CT molecular complexity index is 985. The molecule has 0 spiro atoms. The van der Waals surface area contributed by atoms with E-state index in [0.717, 1.165) is 4.88 Å². The molecule has 27 heavy (non-hydrogen) atoms. The largest absolute Gasteiger partial charge is 0.465 e. The van der Waals surface area contributed by atoms with E-state index in [4.69, 9.17) is 15.6 Å². The number of ether oxygens (including phenoxy) is 1. The van der Waals surface area contributed by atoms with Crippen LogP contribution in [0.4, 0.5) is 21.3 Å². The number of nitrogens with zero attached hydrogens (tertiary/aromatic N) is 1. The molecule has 0 atom stereocenters. The summed E-state index contributed by atoms with van der Waals surface area (Å²) < 4.78 is 5.68. The van der Waals surface area contributed by atoms with Gasteiger partial charge in [-0.2, -0.15) is 0 Å². The predicted octanol–water partition coefficient (Wildman–Crippen LogP) is 4.17. The highest BCUT2D eigenvalue weighted by Crippen LogP contribution is 2.29. The number of thiazole rings is 1. The summed E-state index contributed by atoms with van der Waals surface area (Å²) in [6.45, 7) is 1.90. The minimum Gasteiger partial charge on any atom is -0.465 e. The lowest BCUT2D eigenvalue weighted by molar-refractivity contribution is 0.102. The molecule has 0 aliphatic rings. The summed E-state index contributed by atoms with van der Waals surface area (Å²) >= 11 is 1.38. The molecule has 0 bridgehead atoms. The van der Waals surface area contributed by atoms with E-state index in [1.54, 1.807) is 42.6 Å². The van der Waals surface area contributed by atoms with Gasteiger partial charge < -0.3 is 15.6 Å². The number of amides is 2. The molecule has 0 radical (unpaired) electrons. The van der Waals surface area contributed by atoms with Crippen molar-refractivity contribution in [3.05, 3.63) is 59.1 Å². The second-order valence-electron chi connectivity index (χ2n) is 5.54. The lowest BCUT2D eigenvalue weighted by atomic mass is 10.1. The number of nitrogen functional groups attached to an aromatic ring is 1. The van der Waals surface area contributed by atoms with Crippen molar-refractivity contribution in [2.75, 3.05) is 16.4 Å². The van der Waals surface area contributed by atoms with Gasteiger partial charge in [0.15, 0.2) is 5.13 Å². The van der Waals surface area contributed by atoms with E-state index in [1.807, 2.05) is 6.92 Å². The number of hydrogen-bond donors (Lipinski definition) is 4. The molecule has 2 aromatic carbocycles. The Morgan fingerprint density at radius 1 is 1.15 bits per heavy atom. The van der Waals surface area contributed by atoms with Crippen molar-refractivity contribution in [2.24, 2.45) is 0 Å². The van der Waals surface area contributed by atoms with Crippen LogP contribution >= 0.6 is 11.3 Å². The standard InChI is InChI=1S/C18H16N4O4S/c1-10-9-20-17(27-10)22-16(23)11-2-7-15(14(19)8-11)26-13-5-3-12(4-6-13)21-18(24)25/h2-9,21H,19H2,1H3,(H,24,25)(H,20,22,23). The van der Waals surface area contributed by atoms with Gasteiger partial charge >= 0.3 is 6.09 Å². The van der Waals surface area contributed by atoms with Crippen LogP contribution in [0.2, 0.25) is 0 Å². The van der Waals surface area contributed by atoms with Gasteiger partial charge in [0, 0.05) is 22.3 Å². The van der Waals surface area contributed by atoms with E-state index >= 15 is 0 Å². The predicted molar refractivity (Wildman–Crippen MR) is 104 cm³/mol. The SMILES string of the molecule is Cc1cnc(NC(=O)c2ccc(Oc3ccc(NC(=O)O)cc3)c(N)c2)s1. The molecule has 8 nitrogen and oxygen atoms in total. The number of carbonyl (C=O) groups excluding carboxylic acids is 1. The highest BCUT2D eigenvalue weighted by molar-refractivity contribution is 7.15. The van der Waals surface area contributed by atoms with Gasteiger partial charge in [0.05, 0.1) is 5.69 Å². The van der Waals surface area contributed by atoms with Gasteiger partial charge in [0.1, 0.15) is 11.5 Å². The highest BCUT2D eigenvalue weighted by atomic mass is 32.1. The molecule has 0 unspecified atom stereocenters. The fourth-order valence-electron chi connectivity index (χ4n) is 2.22. The summed E-state index contributed by atoms with van der Waals surface area (Å²) in [5, 5.41) is 14.1. The normalized spacial score (nSPS) is 10.3. The third kappa shape index (κ3) is 4.73. The van der Waals surface area contributed by atoms with Crippen LogP contribution in [-0.4, -0.2) is 22.1 Å². The lowest BCUT2D eigenvalue weighted by Crippen LogP contribution is -2.12. The molecule has 138 valence electrons. The van der Waals surface area contributed by atoms with Crippen LogP contribution in [0.3, 0.4) is 0 Å². The maximum absolute atomic E-state index is 12.3. The van der Waals surface area contributed by atoms with Crippen LogP contribution in [0.15, 0.2) is 48.7 Å². The number of aryl methyl sites for hydroxylation is 1. The summed E-state index contributed by atoms with van der Waals surface area (Å²) in [4.78, 5) is 28.0. The zero-order chi connectivity index (χ0) is 19.4. The van der Waals surface area contributed by atoms with E-state index in [9.17, 15) is 9.59 Å². The van der Waals surface area contributed by atoms with E-state index in [1.165, 1.54) is 17.4 Å². The molecule has 0 aliphatic carbocycles. The molecule has 9 heteroatoms. The minimum atomic E-state index is -1.14. The van der Waals surface area contributed by atoms with E-state index < -0.39 is 6.09 Å².